The molecule has 0 radical (unpaired) electrons. The molecule has 2 rings (SSSR count). The molecule has 1 heterocycles. The largest absolute Gasteiger partial charge is 0.360 e. The van der Waals surface area contributed by atoms with Gasteiger partial charge in [-0.1, -0.05) is 47.1 Å². The van der Waals surface area contributed by atoms with Crippen LogP contribution in [0.5, 0.6) is 0 Å². The number of aryl methyl sites for hydroxylation is 1. The van der Waals surface area contributed by atoms with Crippen LogP contribution in [0.15, 0.2) is 33.3 Å². The zero-order valence-electron chi connectivity index (χ0n) is 12.6. The van der Waals surface area contributed by atoms with Crippen molar-refractivity contribution in [2.75, 3.05) is 0 Å². The number of carbonyl (C=O) groups is 1. The monoisotopic (exact) mass is 350 g/mol. The number of hydrogen-bond acceptors (Lipinski definition) is 3. The first-order valence-corrected chi connectivity index (χ1v) is 7.72. The van der Waals surface area contributed by atoms with E-state index >= 15 is 0 Å². The van der Waals surface area contributed by atoms with Crippen LogP contribution in [-0.4, -0.2) is 11.1 Å². The predicted octanol–water partition coefficient (Wildman–Crippen LogP) is 4.36. The lowest BCUT2D eigenvalue weighted by Gasteiger charge is -2.15. The number of aromatic nitrogens is 1. The summed E-state index contributed by atoms with van der Waals surface area (Å²) >= 11 is 3.40. The zero-order valence-corrected chi connectivity index (χ0v) is 14.2. The van der Waals surface area contributed by atoms with E-state index in [2.05, 4.69) is 26.4 Å². The van der Waals surface area contributed by atoms with Crippen LogP contribution in [0.25, 0.3) is 0 Å². The van der Waals surface area contributed by atoms with Gasteiger partial charge in [0, 0.05) is 10.4 Å². The highest BCUT2D eigenvalue weighted by atomic mass is 79.9. The van der Waals surface area contributed by atoms with E-state index in [1.165, 1.54) is 0 Å². The molecule has 5 heteroatoms. The lowest BCUT2D eigenvalue weighted by Crippen LogP contribution is -2.27. The molecule has 0 aliphatic rings. The summed E-state index contributed by atoms with van der Waals surface area (Å²) in [4.78, 5) is 12.5. The summed E-state index contributed by atoms with van der Waals surface area (Å²) < 4.78 is 6.28. The summed E-state index contributed by atoms with van der Waals surface area (Å²) in [6.45, 7) is 7.71. The molecule has 1 N–H and O–H groups in total. The van der Waals surface area contributed by atoms with Gasteiger partial charge >= 0.3 is 0 Å². The van der Waals surface area contributed by atoms with Gasteiger partial charge in [-0.05, 0) is 31.5 Å². The van der Waals surface area contributed by atoms with Crippen molar-refractivity contribution in [3.8, 4) is 0 Å². The van der Waals surface area contributed by atoms with Crippen LogP contribution in [0.4, 0.5) is 0 Å². The molecule has 0 aliphatic heterocycles. The number of benzene rings is 1. The molecule has 1 atom stereocenters. The molecular weight excluding hydrogens is 332 g/mol. The second kappa shape index (κ2) is 6.43. The topological polar surface area (TPSA) is 55.1 Å². The fourth-order valence-corrected chi connectivity index (χ4v) is 2.43. The van der Waals surface area contributed by atoms with E-state index in [1.54, 1.807) is 6.92 Å². The number of hydrogen-bond donors (Lipinski definition) is 1. The standard InChI is InChI=1S/C16H19BrN2O2/c1-9(2)15-14(11(4)19-21-15)16(20)18-10(3)12-5-7-13(17)8-6-12/h5-10H,1-4H3,(H,18,20). The van der Waals surface area contributed by atoms with Crippen molar-refractivity contribution in [1.29, 1.82) is 0 Å². The smallest absolute Gasteiger partial charge is 0.257 e. The van der Waals surface area contributed by atoms with Crippen molar-refractivity contribution in [3.05, 3.63) is 51.3 Å². The van der Waals surface area contributed by atoms with Crippen molar-refractivity contribution in [1.82, 2.24) is 10.5 Å². The molecule has 1 amide bonds. The Bertz CT molecular complexity index is 632. The van der Waals surface area contributed by atoms with Crippen LogP contribution in [0.1, 0.15) is 60.1 Å². The summed E-state index contributed by atoms with van der Waals surface area (Å²) in [6, 6.07) is 7.81. The zero-order chi connectivity index (χ0) is 15.6. The van der Waals surface area contributed by atoms with Gasteiger partial charge in [-0.3, -0.25) is 4.79 Å². The quantitative estimate of drug-likeness (QED) is 0.890. The molecule has 2 aromatic rings. The van der Waals surface area contributed by atoms with Crippen molar-refractivity contribution >= 4 is 21.8 Å². The number of halogens is 1. The van der Waals surface area contributed by atoms with E-state index in [0.717, 1.165) is 10.0 Å². The fourth-order valence-electron chi connectivity index (χ4n) is 2.16. The van der Waals surface area contributed by atoms with Gasteiger partial charge in [0.05, 0.1) is 11.7 Å². The molecule has 0 saturated carbocycles. The van der Waals surface area contributed by atoms with Crippen molar-refractivity contribution in [2.24, 2.45) is 0 Å². The highest BCUT2D eigenvalue weighted by molar-refractivity contribution is 9.10. The van der Waals surface area contributed by atoms with Gasteiger partial charge in [-0.15, -0.1) is 0 Å². The first kappa shape index (κ1) is 15.8. The van der Waals surface area contributed by atoms with Gasteiger partial charge in [0.2, 0.25) is 0 Å². The molecule has 1 unspecified atom stereocenters. The third kappa shape index (κ3) is 3.53. The van der Waals surface area contributed by atoms with Crippen molar-refractivity contribution < 1.29 is 9.32 Å². The highest BCUT2D eigenvalue weighted by Crippen LogP contribution is 2.23. The molecule has 112 valence electrons. The fraction of sp³-hybridized carbons (Fsp3) is 0.375. The Morgan fingerprint density at radius 2 is 1.86 bits per heavy atom. The molecule has 0 bridgehead atoms. The van der Waals surface area contributed by atoms with Gasteiger partial charge in [0.15, 0.2) is 5.76 Å². The first-order valence-electron chi connectivity index (χ1n) is 6.92. The van der Waals surface area contributed by atoms with Gasteiger partial charge in [0.1, 0.15) is 5.56 Å². The SMILES string of the molecule is Cc1noc(C(C)C)c1C(=O)NC(C)c1ccc(Br)cc1. The van der Waals surface area contributed by atoms with E-state index < -0.39 is 0 Å². The Labute approximate surface area is 133 Å². The molecule has 1 aromatic heterocycles. The Hall–Kier alpha value is -1.62. The van der Waals surface area contributed by atoms with Crippen LogP contribution < -0.4 is 5.32 Å². The van der Waals surface area contributed by atoms with Crippen LogP contribution in [0.3, 0.4) is 0 Å². The number of amides is 1. The summed E-state index contributed by atoms with van der Waals surface area (Å²) in [6.07, 6.45) is 0. The lowest BCUT2D eigenvalue weighted by atomic mass is 10.0. The highest BCUT2D eigenvalue weighted by Gasteiger charge is 2.23. The third-order valence-electron chi connectivity index (χ3n) is 3.36. The molecular formula is C16H19BrN2O2. The van der Waals surface area contributed by atoms with Crippen LogP contribution >= 0.6 is 15.9 Å². The van der Waals surface area contributed by atoms with Crippen LogP contribution in [-0.2, 0) is 0 Å². The van der Waals surface area contributed by atoms with Crippen molar-refractivity contribution in [3.63, 3.8) is 0 Å². The Morgan fingerprint density at radius 3 is 2.43 bits per heavy atom. The van der Waals surface area contributed by atoms with Crippen LogP contribution in [0, 0.1) is 6.92 Å². The first-order chi connectivity index (χ1) is 9.90. The summed E-state index contributed by atoms with van der Waals surface area (Å²) in [5, 5.41) is 6.91. The Kier molecular flexibility index (Phi) is 4.83. The van der Waals surface area contributed by atoms with E-state index in [1.807, 2.05) is 45.0 Å². The minimum atomic E-state index is -0.145. The van der Waals surface area contributed by atoms with E-state index in [0.29, 0.717) is 17.0 Å². The number of nitrogens with one attached hydrogen (secondary N) is 1. The minimum absolute atomic E-state index is 0.0834. The second-order valence-electron chi connectivity index (χ2n) is 5.41. The number of nitrogens with zero attached hydrogens (tertiary/aromatic N) is 1. The maximum Gasteiger partial charge on any atom is 0.257 e. The van der Waals surface area contributed by atoms with Gasteiger partial charge < -0.3 is 9.84 Å². The van der Waals surface area contributed by atoms with Crippen molar-refractivity contribution in [2.45, 2.75) is 39.7 Å². The molecule has 1 aromatic carbocycles. The summed E-state index contributed by atoms with van der Waals surface area (Å²) in [5.74, 6) is 0.607. The maximum atomic E-state index is 12.5. The van der Waals surface area contributed by atoms with E-state index in [4.69, 9.17) is 4.52 Å². The number of rotatable bonds is 4. The van der Waals surface area contributed by atoms with Gasteiger partial charge in [-0.2, -0.15) is 0 Å². The molecule has 21 heavy (non-hydrogen) atoms. The normalized spacial score (nSPS) is 12.5. The average molecular weight is 351 g/mol. The molecule has 0 saturated heterocycles. The molecule has 0 fully saturated rings. The Balaban J connectivity index is 2.18. The van der Waals surface area contributed by atoms with E-state index in [-0.39, 0.29) is 17.9 Å². The van der Waals surface area contributed by atoms with Gasteiger partial charge in [0.25, 0.3) is 5.91 Å². The third-order valence-corrected chi connectivity index (χ3v) is 3.89. The van der Waals surface area contributed by atoms with Crippen LogP contribution in [0.2, 0.25) is 0 Å². The maximum absolute atomic E-state index is 12.5. The Morgan fingerprint density at radius 1 is 1.24 bits per heavy atom. The summed E-state index contributed by atoms with van der Waals surface area (Å²) in [7, 11) is 0. The molecule has 4 nitrogen and oxygen atoms in total. The number of carbonyl (C=O) groups excluding carboxylic acids is 1. The van der Waals surface area contributed by atoms with Gasteiger partial charge in [-0.25, -0.2) is 0 Å². The second-order valence-corrected chi connectivity index (χ2v) is 6.32. The molecule has 0 aliphatic carbocycles. The minimum Gasteiger partial charge on any atom is -0.360 e. The van der Waals surface area contributed by atoms with E-state index in [9.17, 15) is 4.79 Å². The molecule has 0 spiro atoms. The predicted molar refractivity (Wildman–Crippen MR) is 85.4 cm³/mol. The summed E-state index contributed by atoms with van der Waals surface area (Å²) in [5.41, 5.74) is 2.22. The lowest BCUT2D eigenvalue weighted by molar-refractivity contribution is 0.0937. The average Bonchev–Trinajstić information content (AvgIpc) is 2.81.